The van der Waals surface area contributed by atoms with E-state index in [1.54, 1.807) is 6.20 Å². The van der Waals surface area contributed by atoms with Gasteiger partial charge in [-0.2, -0.15) is 5.10 Å². The summed E-state index contributed by atoms with van der Waals surface area (Å²) >= 11 is 6.12. The summed E-state index contributed by atoms with van der Waals surface area (Å²) in [6.07, 6.45) is 2.39. The number of rotatable bonds is 4. The lowest BCUT2D eigenvalue weighted by atomic mass is 10.0. The van der Waals surface area contributed by atoms with Crippen molar-refractivity contribution in [3.8, 4) is 0 Å². The molecule has 8 heteroatoms. The third kappa shape index (κ3) is 4.34. The number of carbonyl (C=O) groups excluding carboxylic acids is 1. The first-order valence-electron chi connectivity index (χ1n) is 11.0. The number of H-pyrrole nitrogens is 1. The molecular weight excluding hydrogens is 440 g/mol. The van der Waals surface area contributed by atoms with Crippen molar-refractivity contribution in [2.24, 2.45) is 0 Å². The molecule has 0 bridgehead atoms. The molecule has 1 N–H and O–H groups in total. The minimum Gasteiger partial charge on any atom is -0.412 e. The predicted octanol–water partition coefficient (Wildman–Crippen LogP) is 5.90. The van der Waals surface area contributed by atoms with Gasteiger partial charge >= 0.3 is 0 Å². The van der Waals surface area contributed by atoms with Crippen LogP contribution in [0.4, 0.5) is 0 Å². The van der Waals surface area contributed by atoms with Crippen LogP contribution < -0.4 is 0 Å². The number of halogens is 1. The maximum atomic E-state index is 13.7. The van der Waals surface area contributed by atoms with Crippen LogP contribution in [0.5, 0.6) is 0 Å². The summed E-state index contributed by atoms with van der Waals surface area (Å²) in [7, 11) is -1.97. The van der Waals surface area contributed by atoms with Crippen molar-refractivity contribution in [3.63, 3.8) is 0 Å². The minimum absolute atomic E-state index is 0.00660. The number of nitrogens with one attached hydrogen (secondary N) is 1. The Hall–Kier alpha value is -2.22. The van der Waals surface area contributed by atoms with E-state index in [4.69, 9.17) is 16.0 Å². The van der Waals surface area contributed by atoms with Gasteiger partial charge in [0.15, 0.2) is 14.0 Å². The number of nitrogens with zero attached hydrogens (tertiary/aromatic N) is 3. The van der Waals surface area contributed by atoms with Gasteiger partial charge in [0.25, 0.3) is 5.91 Å². The Kier molecular flexibility index (Phi) is 5.94. The lowest BCUT2D eigenvalue weighted by Gasteiger charge is -2.38. The molecule has 1 saturated heterocycles. The highest BCUT2D eigenvalue weighted by Crippen LogP contribution is 2.41. The molecule has 1 aliphatic heterocycles. The van der Waals surface area contributed by atoms with Crippen molar-refractivity contribution >= 4 is 36.9 Å². The number of aryl methyl sites for hydroxylation is 1. The molecule has 1 unspecified atom stereocenters. The number of benzene rings is 1. The van der Waals surface area contributed by atoms with Crippen LogP contribution in [0, 0.1) is 6.92 Å². The van der Waals surface area contributed by atoms with Crippen LogP contribution >= 0.6 is 11.6 Å². The molecule has 0 saturated carbocycles. The standard InChI is InChI=1S/C24H31ClN4O2Si/c1-15-20-11-17(13-26-22(20)28-27-15)23(30)29-14-19(31-32(5,6)24(2,3)4)12-21(29)16-7-9-18(25)10-8-16/h7-11,13,19,21H,12,14H2,1-6H3,(H,26,27,28)/t19-,21?/m0/s1. The lowest BCUT2D eigenvalue weighted by molar-refractivity contribution is 0.0718. The van der Waals surface area contributed by atoms with Crippen molar-refractivity contribution in [2.75, 3.05) is 6.54 Å². The van der Waals surface area contributed by atoms with Gasteiger partial charge in [-0.15, -0.1) is 0 Å². The summed E-state index contributed by atoms with van der Waals surface area (Å²) < 4.78 is 6.72. The zero-order valence-electron chi connectivity index (χ0n) is 19.6. The zero-order valence-corrected chi connectivity index (χ0v) is 21.3. The Bertz CT molecular complexity index is 1140. The molecule has 2 aromatic heterocycles. The smallest absolute Gasteiger partial charge is 0.256 e. The van der Waals surface area contributed by atoms with Gasteiger partial charge in [-0.25, -0.2) is 4.98 Å². The summed E-state index contributed by atoms with van der Waals surface area (Å²) in [5.41, 5.74) is 3.15. The van der Waals surface area contributed by atoms with Crippen molar-refractivity contribution in [1.82, 2.24) is 20.1 Å². The van der Waals surface area contributed by atoms with E-state index in [-0.39, 0.29) is 23.1 Å². The molecule has 1 aromatic carbocycles. The van der Waals surface area contributed by atoms with Crippen molar-refractivity contribution < 1.29 is 9.22 Å². The minimum atomic E-state index is -1.97. The van der Waals surface area contributed by atoms with Crippen LogP contribution in [0.15, 0.2) is 36.5 Å². The van der Waals surface area contributed by atoms with Gasteiger partial charge in [0.2, 0.25) is 0 Å². The highest BCUT2D eigenvalue weighted by atomic mass is 35.5. The molecule has 6 nitrogen and oxygen atoms in total. The third-order valence-corrected chi connectivity index (χ3v) is 11.7. The van der Waals surface area contributed by atoms with Gasteiger partial charge in [0, 0.05) is 23.2 Å². The first kappa shape index (κ1) is 23.0. The Morgan fingerprint density at radius 3 is 2.59 bits per heavy atom. The van der Waals surface area contributed by atoms with Gasteiger partial charge in [0.1, 0.15) is 0 Å². The number of aromatic amines is 1. The number of aromatic nitrogens is 3. The first-order valence-corrected chi connectivity index (χ1v) is 14.3. The van der Waals surface area contributed by atoms with Crippen molar-refractivity contribution in [1.29, 1.82) is 0 Å². The molecule has 1 fully saturated rings. The molecule has 3 aromatic rings. The first-order chi connectivity index (χ1) is 15.0. The van der Waals surface area contributed by atoms with Crippen LogP contribution in [0.25, 0.3) is 11.0 Å². The Morgan fingerprint density at radius 1 is 1.25 bits per heavy atom. The fourth-order valence-electron chi connectivity index (χ4n) is 4.01. The van der Waals surface area contributed by atoms with Crippen LogP contribution in [0.1, 0.15) is 54.8 Å². The van der Waals surface area contributed by atoms with E-state index in [1.807, 2.05) is 42.2 Å². The second-order valence-electron chi connectivity index (χ2n) is 10.2. The average Bonchev–Trinajstić information content (AvgIpc) is 3.30. The van der Waals surface area contributed by atoms with Crippen molar-refractivity contribution in [3.05, 3.63) is 58.4 Å². The highest BCUT2D eigenvalue weighted by Gasteiger charge is 2.44. The normalized spacial score (nSPS) is 19.7. The number of hydrogen-bond donors (Lipinski definition) is 1. The maximum absolute atomic E-state index is 13.7. The number of likely N-dealkylation sites (tertiary alicyclic amines) is 1. The molecule has 3 heterocycles. The molecular formula is C24H31ClN4O2Si. The number of pyridine rings is 1. The molecule has 1 amide bonds. The molecule has 2 atom stereocenters. The van der Waals surface area contributed by atoms with Crippen molar-refractivity contribution in [2.45, 2.75) is 64.4 Å². The van der Waals surface area contributed by atoms with E-state index in [0.29, 0.717) is 22.8 Å². The Labute approximate surface area is 195 Å². The molecule has 0 aliphatic carbocycles. The van der Waals surface area contributed by atoms with Crippen LogP contribution in [-0.4, -0.2) is 47.0 Å². The van der Waals surface area contributed by atoms with E-state index >= 15 is 0 Å². The molecule has 1 aliphatic rings. The van der Waals surface area contributed by atoms with E-state index in [9.17, 15) is 4.79 Å². The average molecular weight is 471 g/mol. The van der Waals surface area contributed by atoms with Crippen LogP contribution in [0.3, 0.4) is 0 Å². The molecule has 4 rings (SSSR count). The van der Waals surface area contributed by atoms with E-state index in [1.165, 1.54) is 0 Å². The number of hydrogen-bond acceptors (Lipinski definition) is 4. The monoisotopic (exact) mass is 470 g/mol. The van der Waals surface area contributed by atoms with Gasteiger partial charge in [-0.3, -0.25) is 9.89 Å². The number of carbonyl (C=O) groups is 1. The summed E-state index contributed by atoms with van der Waals surface area (Å²) in [5.74, 6) is -0.0405. The summed E-state index contributed by atoms with van der Waals surface area (Å²) in [6.45, 7) is 13.7. The number of amides is 1. The molecule has 170 valence electrons. The van der Waals surface area contributed by atoms with Gasteiger partial charge < -0.3 is 9.33 Å². The topological polar surface area (TPSA) is 71.1 Å². The van der Waals surface area contributed by atoms with Gasteiger partial charge in [-0.1, -0.05) is 44.5 Å². The predicted molar refractivity (Wildman–Crippen MR) is 131 cm³/mol. The second kappa shape index (κ2) is 8.28. The van der Waals surface area contributed by atoms with E-state index in [2.05, 4.69) is 49.0 Å². The second-order valence-corrected chi connectivity index (χ2v) is 15.4. The Balaban J connectivity index is 1.66. The Morgan fingerprint density at radius 2 is 1.94 bits per heavy atom. The summed E-state index contributed by atoms with van der Waals surface area (Å²) in [6, 6.07) is 9.57. The van der Waals surface area contributed by atoms with Gasteiger partial charge in [-0.05, 0) is 55.2 Å². The highest BCUT2D eigenvalue weighted by molar-refractivity contribution is 6.74. The molecule has 0 radical (unpaired) electrons. The zero-order chi connectivity index (χ0) is 23.3. The summed E-state index contributed by atoms with van der Waals surface area (Å²) in [4.78, 5) is 20.0. The largest absolute Gasteiger partial charge is 0.412 e. The van der Waals surface area contributed by atoms with Crippen LogP contribution in [0.2, 0.25) is 23.2 Å². The lowest BCUT2D eigenvalue weighted by Crippen LogP contribution is -2.44. The molecule has 0 spiro atoms. The van der Waals surface area contributed by atoms with Crippen LogP contribution in [-0.2, 0) is 4.43 Å². The number of fused-ring (bicyclic) bond motifs is 1. The van der Waals surface area contributed by atoms with E-state index in [0.717, 1.165) is 23.1 Å². The third-order valence-electron chi connectivity index (χ3n) is 6.90. The SMILES string of the molecule is Cc1n[nH]c2ncc(C(=O)N3C[C@@H](O[Si](C)(C)C(C)(C)C)CC3c3ccc(Cl)cc3)cc12. The summed E-state index contributed by atoms with van der Waals surface area (Å²) in [5, 5.41) is 8.75. The molecule has 32 heavy (non-hydrogen) atoms. The fraction of sp³-hybridized carbons (Fsp3) is 0.458. The van der Waals surface area contributed by atoms with E-state index < -0.39 is 8.32 Å². The van der Waals surface area contributed by atoms with Gasteiger partial charge in [0.05, 0.1) is 23.4 Å². The maximum Gasteiger partial charge on any atom is 0.256 e. The fourth-order valence-corrected chi connectivity index (χ4v) is 5.49. The quantitative estimate of drug-likeness (QED) is 0.482.